The number of hydrogen-bond acceptors (Lipinski definition) is 5. The standard InChI is InChI=1S/C40H78O5/c1-5-37(4)31-27-23-19-15-12-13-17-21-25-29-33-40(43)45-38(34-41)35-44-39(42)32-28-24-20-16-11-9-7-6-8-10-14-18-22-26-30-36(2)3/h36-38,41H,5-35H2,1-4H3/t37?,38-/m0/s1. The van der Waals surface area contributed by atoms with Gasteiger partial charge in [0.2, 0.25) is 0 Å². The van der Waals surface area contributed by atoms with Crippen LogP contribution in [0.1, 0.15) is 214 Å². The molecule has 0 heterocycles. The van der Waals surface area contributed by atoms with Gasteiger partial charge in [-0.2, -0.15) is 0 Å². The third kappa shape index (κ3) is 34.1. The Kier molecular flexibility index (Phi) is 33.4. The largest absolute Gasteiger partial charge is 0.462 e. The third-order valence-electron chi connectivity index (χ3n) is 9.37. The maximum atomic E-state index is 12.2. The quantitative estimate of drug-likeness (QED) is 0.0552. The molecule has 5 nitrogen and oxygen atoms in total. The molecule has 1 unspecified atom stereocenters. The summed E-state index contributed by atoms with van der Waals surface area (Å²) in [6, 6.07) is 0. The second kappa shape index (κ2) is 34.2. The van der Waals surface area contributed by atoms with Crippen LogP contribution in [0.4, 0.5) is 0 Å². The molecular weight excluding hydrogens is 560 g/mol. The number of carbonyl (C=O) groups is 2. The fourth-order valence-electron chi connectivity index (χ4n) is 5.95. The Hall–Kier alpha value is -1.10. The highest BCUT2D eigenvalue weighted by molar-refractivity contribution is 5.70. The first kappa shape index (κ1) is 43.9. The molecule has 0 saturated carbocycles. The van der Waals surface area contributed by atoms with Crippen molar-refractivity contribution < 1.29 is 24.2 Å². The number of esters is 2. The molecule has 0 bridgehead atoms. The van der Waals surface area contributed by atoms with Crippen LogP contribution >= 0.6 is 0 Å². The number of ether oxygens (including phenoxy) is 2. The molecule has 0 aliphatic rings. The van der Waals surface area contributed by atoms with Crippen LogP contribution in [0.15, 0.2) is 0 Å². The van der Waals surface area contributed by atoms with Gasteiger partial charge in [-0.1, -0.05) is 188 Å². The number of hydrogen-bond donors (Lipinski definition) is 1. The number of carbonyl (C=O) groups excluding carboxylic acids is 2. The molecule has 45 heavy (non-hydrogen) atoms. The molecule has 0 aliphatic heterocycles. The van der Waals surface area contributed by atoms with E-state index in [0.29, 0.717) is 12.8 Å². The van der Waals surface area contributed by atoms with Crippen LogP contribution in [0.2, 0.25) is 0 Å². The van der Waals surface area contributed by atoms with Crippen LogP contribution in [0.25, 0.3) is 0 Å². The number of aliphatic hydroxyl groups excluding tert-OH is 1. The summed E-state index contributed by atoms with van der Waals surface area (Å²) >= 11 is 0. The van der Waals surface area contributed by atoms with E-state index in [9.17, 15) is 14.7 Å². The van der Waals surface area contributed by atoms with Gasteiger partial charge >= 0.3 is 11.9 Å². The summed E-state index contributed by atoms with van der Waals surface area (Å²) in [7, 11) is 0. The van der Waals surface area contributed by atoms with E-state index >= 15 is 0 Å². The Morgan fingerprint density at radius 2 is 0.867 bits per heavy atom. The fraction of sp³-hybridized carbons (Fsp3) is 0.950. The maximum Gasteiger partial charge on any atom is 0.306 e. The van der Waals surface area contributed by atoms with Gasteiger partial charge in [0.25, 0.3) is 0 Å². The lowest BCUT2D eigenvalue weighted by Crippen LogP contribution is -2.28. The first-order chi connectivity index (χ1) is 21.9. The zero-order valence-corrected chi connectivity index (χ0v) is 30.7. The maximum absolute atomic E-state index is 12.2. The molecule has 0 aromatic heterocycles. The van der Waals surface area contributed by atoms with Crippen molar-refractivity contribution in [3.05, 3.63) is 0 Å². The summed E-state index contributed by atoms with van der Waals surface area (Å²) in [4.78, 5) is 24.2. The van der Waals surface area contributed by atoms with E-state index in [1.54, 1.807) is 0 Å². The van der Waals surface area contributed by atoms with Crippen LogP contribution in [0.3, 0.4) is 0 Å². The number of unbranched alkanes of at least 4 members (excludes halogenated alkanes) is 22. The summed E-state index contributed by atoms with van der Waals surface area (Å²) in [5, 5.41) is 9.55. The van der Waals surface area contributed by atoms with Crippen LogP contribution < -0.4 is 0 Å². The summed E-state index contributed by atoms with van der Waals surface area (Å²) in [6.45, 7) is 8.88. The molecule has 1 N–H and O–H groups in total. The van der Waals surface area contributed by atoms with Crippen molar-refractivity contribution in [2.75, 3.05) is 13.2 Å². The zero-order valence-electron chi connectivity index (χ0n) is 30.7. The molecule has 0 amide bonds. The van der Waals surface area contributed by atoms with Gasteiger partial charge < -0.3 is 14.6 Å². The van der Waals surface area contributed by atoms with Crippen LogP contribution in [0.5, 0.6) is 0 Å². The van der Waals surface area contributed by atoms with E-state index in [2.05, 4.69) is 27.7 Å². The molecule has 0 spiro atoms. The van der Waals surface area contributed by atoms with Crippen molar-refractivity contribution in [1.29, 1.82) is 0 Å². The molecule has 0 aromatic carbocycles. The summed E-state index contributed by atoms with van der Waals surface area (Å²) in [5.74, 6) is 1.15. The third-order valence-corrected chi connectivity index (χ3v) is 9.37. The zero-order chi connectivity index (χ0) is 33.2. The van der Waals surface area contributed by atoms with E-state index in [1.165, 1.54) is 141 Å². The minimum atomic E-state index is -0.763. The molecule has 0 radical (unpaired) electrons. The first-order valence-electron chi connectivity index (χ1n) is 19.8. The monoisotopic (exact) mass is 639 g/mol. The van der Waals surface area contributed by atoms with Gasteiger partial charge in [-0.3, -0.25) is 9.59 Å². The van der Waals surface area contributed by atoms with E-state index in [4.69, 9.17) is 9.47 Å². The predicted octanol–water partition coefficient (Wildman–Crippen LogP) is 12.1. The Balaban J connectivity index is 3.51. The SMILES string of the molecule is CCC(C)CCCCCCCCCCCCC(=O)O[C@@H](CO)COC(=O)CCCCCCCCCCCCCCCCC(C)C. The topological polar surface area (TPSA) is 72.8 Å². The molecule has 0 rings (SSSR count). The normalized spacial score (nSPS) is 12.8. The van der Waals surface area contributed by atoms with Crippen LogP contribution in [0, 0.1) is 11.8 Å². The Morgan fingerprint density at radius 3 is 1.24 bits per heavy atom. The van der Waals surface area contributed by atoms with Gasteiger partial charge in [-0.15, -0.1) is 0 Å². The van der Waals surface area contributed by atoms with Crippen molar-refractivity contribution in [3.63, 3.8) is 0 Å². The highest BCUT2D eigenvalue weighted by atomic mass is 16.6. The molecular formula is C40H78O5. The lowest BCUT2D eigenvalue weighted by molar-refractivity contribution is -0.161. The lowest BCUT2D eigenvalue weighted by Gasteiger charge is -2.15. The van der Waals surface area contributed by atoms with E-state index < -0.39 is 6.10 Å². The Morgan fingerprint density at radius 1 is 0.511 bits per heavy atom. The van der Waals surface area contributed by atoms with Gasteiger partial charge in [-0.05, 0) is 24.7 Å². The van der Waals surface area contributed by atoms with Crippen LogP contribution in [-0.4, -0.2) is 36.4 Å². The second-order valence-corrected chi connectivity index (χ2v) is 14.4. The van der Waals surface area contributed by atoms with Crippen molar-refractivity contribution in [1.82, 2.24) is 0 Å². The molecule has 0 aliphatic carbocycles. The van der Waals surface area contributed by atoms with Crippen LogP contribution in [-0.2, 0) is 19.1 Å². The van der Waals surface area contributed by atoms with Crippen molar-refractivity contribution >= 4 is 11.9 Å². The van der Waals surface area contributed by atoms with Crippen molar-refractivity contribution in [2.45, 2.75) is 220 Å². The van der Waals surface area contributed by atoms with Crippen molar-refractivity contribution in [3.8, 4) is 0 Å². The summed E-state index contributed by atoms with van der Waals surface area (Å²) in [5.41, 5.74) is 0. The average molecular weight is 639 g/mol. The van der Waals surface area contributed by atoms with Gasteiger partial charge in [0.1, 0.15) is 6.61 Å². The molecule has 0 aromatic rings. The van der Waals surface area contributed by atoms with Gasteiger partial charge in [0.05, 0.1) is 6.61 Å². The van der Waals surface area contributed by atoms with Gasteiger partial charge in [0, 0.05) is 12.8 Å². The minimum absolute atomic E-state index is 0.0587. The molecule has 0 saturated heterocycles. The Labute approximate surface area is 280 Å². The smallest absolute Gasteiger partial charge is 0.306 e. The number of rotatable bonds is 35. The van der Waals surface area contributed by atoms with E-state index in [0.717, 1.165) is 43.9 Å². The minimum Gasteiger partial charge on any atom is -0.462 e. The summed E-state index contributed by atoms with van der Waals surface area (Å²) < 4.78 is 10.6. The second-order valence-electron chi connectivity index (χ2n) is 14.4. The molecule has 268 valence electrons. The summed E-state index contributed by atoms with van der Waals surface area (Å²) in [6.07, 6.45) is 34.4. The molecule has 2 atom stereocenters. The first-order valence-corrected chi connectivity index (χ1v) is 19.8. The number of aliphatic hydroxyl groups is 1. The lowest BCUT2D eigenvalue weighted by atomic mass is 9.99. The predicted molar refractivity (Wildman–Crippen MR) is 191 cm³/mol. The fourth-order valence-corrected chi connectivity index (χ4v) is 5.95. The van der Waals surface area contributed by atoms with E-state index in [-0.39, 0.29) is 25.2 Å². The van der Waals surface area contributed by atoms with E-state index in [1.807, 2.05) is 0 Å². The van der Waals surface area contributed by atoms with Crippen molar-refractivity contribution in [2.24, 2.45) is 11.8 Å². The van der Waals surface area contributed by atoms with Gasteiger partial charge in [-0.25, -0.2) is 0 Å². The Bertz CT molecular complexity index is 634. The average Bonchev–Trinajstić information content (AvgIpc) is 3.02. The molecule has 5 heteroatoms. The highest BCUT2D eigenvalue weighted by Crippen LogP contribution is 2.17. The van der Waals surface area contributed by atoms with Gasteiger partial charge in [0.15, 0.2) is 6.10 Å². The molecule has 0 fully saturated rings. The highest BCUT2D eigenvalue weighted by Gasteiger charge is 2.16.